The second-order valence-corrected chi connectivity index (χ2v) is 7.54. The first-order valence-corrected chi connectivity index (χ1v) is 9.35. The molecule has 0 unspecified atom stereocenters. The fourth-order valence-electron chi connectivity index (χ4n) is 1.88. The highest BCUT2D eigenvalue weighted by molar-refractivity contribution is 7.98. The van der Waals surface area contributed by atoms with Crippen molar-refractivity contribution in [2.75, 3.05) is 7.11 Å². The van der Waals surface area contributed by atoms with Crippen LogP contribution < -0.4 is 5.14 Å². The van der Waals surface area contributed by atoms with Crippen molar-refractivity contribution in [2.45, 2.75) is 15.5 Å². The summed E-state index contributed by atoms with van der Waals surface area (Å²) in [4.78, 5) is 12.1. The highest BCUT2D eigenvalue weighted by Gasteiger charge is 2.21. The van der Waals surface area contributed by atoms with Gasteiger partial charge in [0.05, 0.1) is 17.7 Å². The third-order valence-corrected chi connectivity index (χ3v) is 5.49. The number of thioether (sulfide) groups is 1. The van der Waals surface area contributed by atoms with Crippen LogP contribution in [0.3, 0.4) is 0 Å². The largest absolute Gasteiger partial charge is 0.465 e. The zero-order valence-corrected chi connectivity index (χ0v) is 14.5. The molecule has 0 atom stereocenters. The summed E-state index contributed by atoms with van der Waals surface area (Å²) >= 11 is 7.35. The highest BCUT2D eigenvalue weighted by atomic mass is 35.5. The minimum atomic E-state index is -4.03. The van der Waals surface area contributed by atoms with E-state index >= 15 is 0 Å². The van der Waals surface area contributed by atoms with Gasteiger partial charge in [-0.3, -0.25) is 0 Å². The lowest BCUT2D eigenvalue weighted by Gasteiger charge is -2.11. The average Bonchev–Trinajstić information content (AvgIpc) is 2.52. The third-order valence-electron chi connectivity index (χ3n) is 2.98. The van der Waals surface area contributed by atoms with E-state index in [4.69, 9.17) is 21.5 Å². The standard InChI is InChI=1S/C15H14ClNO4S2/c1-21-15(18)11-7-14(23(17,19)20)12(16)8-13(11)22-9-10-5-3-2-4-6-10/h2-8H,9H2,1H3,(H2,17,19,20). The Morgan fingerprint density at radius 3 is 2.48 bits per heavy atom. The maximum Gasteiger partial charge on any atom is 0.339 e. The van der Waals surface area contributed by atoms with Gasteiger partial charge in [0, 0.05) is 10.6 Å². The van der Waals surface area contributed by atoms with Gasteiger partial charge in [-0.05, 0) is 17.7 Å². The topological polar surface area (TPSA) is 86.5 Å². The lowest BCUT2D eigenvalue weighted by molar-refractivity contribution is 0.0596. The molecular weight excluding hydrogens is 358 g/mol. The molecular formula is C15H14ClNO4S2. The molecule has 0 saturated heterocycles. The smallest absolute Gasteiger partial charge is 0.339 e. The molecule has 0 spiro atoms. The number of esters is 1. The molecule has 2 N–H and O–H groups in total. The van der Waals surface area contributed by atoms with Crippen LogP contribution in [0.25, 0.3) is 0 Å². The number of carbonyl (C=O) groups is 1. The molecule has 0 aliphatic heterocycles. The fraction of sp³-hybridized carbons (Fsp3) is 0.133. The van der Waals surface area contributed by atoms with Crippen LogP contribution in [0.2, 0.25) is 5.02 Å². The van der Waals surface area contributed by atoms with Crippen molar-refractivity contribution < 1.29 is 17.9 Å². The Morgan fingerprint density at radius 2 is 1.91 bits per heavy atom. The Labute approximate surface area is 143 Å². The van der Waals surface area contributed by atoms with Crippen LogP contribution in [0.4, 0.5) is 0 Å². The first-order valence-electron chi connectivity index (χ1n) is 6.44. The van der Waals surface area contributed by atoms with Gasteiger partial charge < -0.3 is 4.74 Å². The number of hydrogen-bond acceptors (Lipinski definition) is 5. The van der Waals surface area contributed by atoms with Crippen molar-refractivity contribution in [1.29, 1.82) is 0 Å². The van der Waals surface area contributed by atoms with E-state index in [1.165, 1.54) is 24.9 Å². The number of sulfonamides is 1. The Morgan fingerprint density at radius 1 is 1.26 bits per heavy atom. The molecule has 0 bridgehead atoms. The van der Waals surface area contributed by atoms with Crippen LogP contribution in [0.15, 0.2) is 52.3 Å². The van der Waals surface area contributed by atoms with Crippen molar-refractivity contribution in [3.63, 3.8) is 0 Å². The molecule has 0 radical (unpaired) electrons. The molecule has 0 fully saturated rings. The van der Waals surface area contributed by atoms with Crippen LogP contribution in [-0.2, 0) is 20.5 Å². The zero-order valence-electron chi connectivity index (χ0n) is 12.2. The van der Waals surface area contributed by atoms with E-state index in [0.29, 0.717) is 10.6 Å². The minimum absolute atomic E-state index is 0.0317. The van der Waals surface area contributed by atoms with Crippen LogP contribution in [0.1, 0.15) is 15.9 Å². The molecule has 8 heteroatoms. The van der Waals surface area contributed by atoms with E-state index in [9.17, 15) is 13.2 Å². The molecule has 0 heterocycles. The number of methoxy groups -OCH3 is 1. The average molecular weight is 372 g/mol. The fourth-order valence-corrected chi connectivity index (χ4v) is 4.05. The second kappa shape index (κ2) is 7.35. The predicted octanol–water partition coefficient (Wildman–Crippen LogP) is 3.07. The minimum Gasteiger partial charge on any atom is -0.465 e. The molecule has 5 nitrogen and oxygen atoms in total. The highest BCUT2D eigenvalue weighted by Crippen LogP contribution is 2.33. The summed E-state index contributed by atoms with van der Waals surface area (Å²) in [5.74, 6) is -0.0577. The zero-order chi connectivity index (χ0) is 17.0. The van der Waals surface area contributed by atoms with E-state index in [1.54, 1.807) is 0 Å². The summed E-state index contributed by atoms with van der Waals surface area (Å²) in [5.41, 5.74) is 1.17. The first kappa shape index (κ1) is 17.8. The predicted molar refractivity (Wildman–Crippen MR) is 90.2 cm³/mol. The van der Waals surface area contributed by atoms with Gasteiger partial charge in [0.25, 0.3) is 0 Å². The van der Waals surface area contributed by atoms with E-state index in [2.05, 4.69) is 0 Å². The number of carbonyl (C=O) groups excluding carboxylic acids is 1. The molecule has 0 aliphatic rings. The van der Waals surface area contributed by atoms with Gasteiger partial charge in [0.1, 0.15) is 4.90 Å². The van der Waals surface area contributed by atoms with Gasteiger partial charge in [0.2, 0.25) is 10.0 Å². The Kier molecular flexibility index (Phi) is 5.69. The Bertz CT molecular complexity index is 823. The molecule has 2 aromatic carbocycles. The van der Waals surface area contributed by atoms with Crippen LogP contribution in [-0.4, -0.2) is 21.5 Å². The summed E-state index contributed by atoms with van der Waals surface area (Å²) in [7, 11) is -2.81. The van der Waals surface area contributed by atoms with Gasteiger partial charge >= 0.3 is 5.97 Å². The molecule has 2 aromatic rings. The molecule has 0 saturated carbocycles. The number of halogens is 1. The van der Waals surface area contributed by atoms with Gasteiger partial charge in [-0.15, -0.1) is 11.8 Å². The SMILES string of the molecule is COC(=O)c1cc(S(N)(=O)=O)c(Cl)cc1SCc1ccccc1. The molecule has 0 aliphatic carbocycles. The summed E-state index contributed by atoms with van der Waals surface area (Å²) < 4.78 is 27.8. The van der Waals surface area contributed by atoms with Crippen LogP contribution in [0.5, 0.6) is 0 Å². The number of hydrogen-bond donors (Lipinski definition) is 1. The quantitative estimate of drug-likeness (QED) is 0.644. The van der Waals surface area contributed by atoms with E-state index in [0.717, 1.165) is 11.6 Å². The van der Waals surface area contributed by atoms with Crippen molar-refractivity contribution >= 4 is 39.4 Å². The summed E-state index contributed by atoms with van der Waals surface area (Å²) in [6.07, 6.45) is 0. The number of benzene rings is 2. The lowest BCUT2D eigenvalue weighted by atomic mass is 10.2. The molecule has 0 aromatic heterocycles. The van der Waals surface area contributed by atoms with Crippen molar-refractivity contribution in [3.8, 4) is 0 Å². The number of primary sulfonamides is 1. The van der Waals surface area contributed by atoms with Crippen LogP contribution in [0, 0.1) is 0 Å². The van der Waals surface area contributed by atoms with Gasteiger partial charge in [0.15, 0.2) is 0 Å². The molecule has 2 rings (SSSR count). The number of rotatable bonds is 5. The maximum absolute atomic E-state index is 11.9. The van der Waals surface area contributed by atoms with E-state index in [1.807, 2.05) is 30.3 Å². The summed E-state index contributed by atoms with van der Waals surface area (Å²) in [5, 5.41) is 5.08. The Balaban J connectivity index is 2.41. The van der Waals surface area contributed by atoms with Crippen molar-refractivity contribution in [1.82, 2.24) is 0 Å². The van der Waals surface area contributed by atoms with Crippen LogP contribution >= 0.6 is 23.4 Å². The maximum atomic E-state index is 11.9. The molecule has 122 valence electrons. The summed E-state index contributed by atoms with van der Waals surface area (Å²) in [6.45, 7) is 0. The third kappa shape index (κ3) is 4.48. The lowest BCUT2D eigenvalue weighted by Crippen LogP contribution is -2.14. The first-order chi connectivity index (χ1) is 10.8. The number of nitrogens with two attached hydrogens (primary N) is 1. The Hall–Kier alpha value is -1.54. The van der Waals surface area contributed by atoms with E-state index < -0.39 is 16.0 Å². The molecule has 0 amide bonds. The van der Waals surface area contributed by atoms with E-state index in [-0.39, 0.29) is 15.5 Å². The monoisotopic (exact) mass is 371 g/mol. The van der Waals surface area contributed by atoms with Crippen molar-refractivity contribution in [2.24, 2.45) is 5.14 Å². The summed E-state index contributed by atoms with van der Waals surface area (Å²) in [6, 6.07) is 12.2. The van der Waals surface area contributed by atoms with Crippen molar-refractivity contribution in [3.05, 3.63) is 58.6 Å². The number of ether oxygens (including phenoxy) is 1. The van der Waals surface area contributed by atoms with Gasteiger partial charge in [-0.2, -0.15) is 0 Å². The second-order valence-electron chi connectivity index (χ2n) is 4.59. The van der Waals surface area contributed by atoms with Gasteiger partial charge in [-0.1, -0.05) is 41.9 Å². The molecule has 23 heavy (non-hydrogen) atoms. The normalized spacial score (nSPS) is 11.3. The van der Waals surface area contributed by atoms with Gasteiger partial charge in [-0.25, -0.2) is 18.4 Å².